The Kier molecular flexibility index (Phi) is 17.5. The summed E-state index contributed by atoms with van der Waals surface area (Å²) in [5.41, 5.74) is 2.06. The summed E-state index contributed by atoms with van der Waals surface area (Å²) >= 11 is 12.9. The van der Waals surface area contributed by atoms with E-state index < -0.39 is 0 Å². The topological polar surface area (TPSA) is 31.1 Å². The van der Waals surface area contributed by atoms with Crippen molar-refractivity contribution in [1.29, 1.82) is 0 Å². The zero-order valence-electron chi connectivity index (χ0n) is 21.0. The van der Waals surface area contributed by atoms with Crippen molar-refractivity contribution in [2.24, 2.45) is 20.0 Å². The number of rotatable bonds is 13. The van der Waals surface area contributed by atoms with E-state index in [4.69, 9.17) is 29.2 Å². The van der Waals surface area contributed by atoms with Crippen molar-refractivity contribution in [3.63, 3.8) is 0 Å². The van der Waals surface area contributed by atoms with E-state index in [0.29, 0.717) is 0 Å². The van der Waals surface area contributed by atoms with Gasteiger partial charge in [0.15, 0.2) is 4.77 Å². The molecule has 0 aliphatic heterocycles. The van der Waals surface area contributed by atoms with Gasteiger partial charge in [-0.3, -0.25) is 0 Å². The Morgan fingerprint density at radius 3 is 2.19 bits per heavy atom. The van der Waals surface area contributed by atoms with Crippen LogP contribution in [0.15, 0.2) is 11.1 Å². The molecule has 1 N–H and O–H groups in total. The van der Waals surface area contributed by atoms with E-state index in [0.717, 1.165) is 71.4 Å². The van der Waals surface area contributed by atoms with Gasteiger partial charge in [0.2, 0.25) is 0 Å². The minimum atomic E-state index is 0.742. The number of thioether (sulfide) groups is 1. The van der Waals surface area contributed by atoms with Gasteiger partial charge in [0.1, 0.15) is 4.64 Å². The number of anilines is 1. The van der Waals surface area contributed by atoms with Crippen molar-refractivity contribution in [2.75, 3.05) is 24.3 Å². The molecule has 1 aromatic rings. The van der Waals surface area contributed by atoms with E-state index in [1.165, 1.54) is 17.9 Å². The summed E-state index contributed by atoms with van der Waals surface area (Å²) in [5, 5.41) is 4.78. The maximum Gasteiger partial charge on any atom is 0.180 e. The third-order valence-corrected chi connectivity index (χ3v) is 7.13. The average Bonchev–Trinajstić information content (AvgIpc) is 2.77. The van der Waals surface area contributed by atoms with Crippen LogP contribution in [0.25, 0.3) is 0 Å². The number of unbranched alkanes of at least 4 members (excludes halogenated alkanes) is 1. The fourth-order valence-corrected chi connectivity index (χ4v) is 4.32. The largest absolute Gasteiger partial charge is 0.381 e. The van der Waals surface area contributed by atoms with Crippen LogP contribution in [0.1, 0.15) is 78.8 Å². The Morgan fingerprint density at radius 1 is 1.06 bits per heavy atom. The number of nitrogens with one attached hydrogen (secondary N) is 1. The number of hydrogen-bond acceptors (Lipinski definition) is 5. The van der Waals surface area contributed by atoms with Gasteiger partial charge in [-0.2, -0.15) is 0 Å². The van der Waals surface area contributed by atoms with Gasteiger partial charge in [-0.25, -0.2) is 0 Å². The lowest BCUT2D eigenvalue weighted by atomic mass is 10.1. The molecule has 1 atom stereocenters. The molecule has 0 saturated carbocycles. The Balaban J connectivity index is 0.00000110. The van der Waals surface area contributed by atoms with Crippen molar-refractivity contribution in [2.45, 2.75) is 80.1 Å². The molecule has 0 unspecified atom stereocenters. The fourth-order valence-electron chi connectivity index (χ4n) is 2.60. The molecule has 1 aromatic heterocycles. The van der Waals surface area contributed by atoms with Crippen LogP contribution in [0.2, 0.25) is 0 Å². The van der Waals surface area contributed by atoms with Crippen molar-refractivity contribution in [3.8, 4) is 0 Å². The molecule has 4 nitrogen and oxygen atoms in total. The summed E-state index contributed by atoms with van der Waals surface area (Å²) in [4.78, 5) is 0. The maximum atomic E-state index is 5.62. The van der Waals surface area contributed by atoms with Crippen LogP contribution in [0.3, 0.4) is 0 Å². The second-order valence-electron chi connectivity index (χ2n) is 7.91. The van der Waals surface area contributed by atoms with Crippen LogP contribution in [-0.2, 0) is 18.8 Å². The first kappa shape index (κ1) is 30.4. The molecule has 180 valence electrons. The smallest absolute Gasteiger partial charge is 0.180 e. The molecule has 0 spiro atoms. The molecule has 0 aliphatic rings. The third kappa shape index (κ3) is 11.7. The summed E-state index contributed by atoms with van der Waals surface area (Å²) in [5.74, 6) is 1.90. The van der Waals surface area contributed by atoms with Gasteiger partial charge in [-0.05, 0) is 56.5 Å². The van der Waals surface area contributed by atoms with E-state index in [1.807, 2.05) is 35.0 Å². The van der Waals surface area contributed by atoms with Gasteiger partial charge in [0.05, 0.1) is 10.7 Å². The molecule has 0 aliphatic carbocycles. The van der Waals surface area contributed by atoms with Crippen molar-refractivity contribution in [3.05, 3.63) is 26.2 Å². The Morgan fingerprint density at radius 2 is 1.68 bits per heavy atom. The molecule has 7 heteroatoms. The van der Waals surface area contributed by atoms with Crippen LogP contribution in [0, 0.1) is 22.3 Å². The molecule has 1 heterocycles. The molecule has 0 fully saturated rings. The molecular formula is C24H45N3OS3. The highest BCUT2D eigenvalue weighted by molar-refractivity contribution is 8.03. The predicted octanol–water partition coefficient (Wildman–Crippen LogP) is 8.18. The Bertz CT molecular complexity index is 765. The second kappa shape index (κ2) is 17.9. The summed E-state index contributed by atoms with van der Waals surface area (Å²) in [7, 11) is 3.92. The second-order valence-corrected chi connectivity index (χ2v) is 9.80. The van der Waals surface area contributed by atoms with Gasteiger partial charge in [-0.15, -0.1) is 11.8 Å². The molecular weight excluding hydrogens is 442 g/mol. The SMILES string of the molecule is CCC/C=C(/Nc1c(C)n(C)c(=S)n(C)c1=S)SCC[C@H](C)CC.CCCOCCC. The van der Waals surface area contributed by atoms with Crippen LogP contribution in [0.5, 0.6) is 0 Å². The summed E-state index contributed by atoms with van der Waals surface area (Å²) in [6.45, 7) is 14.9. The first-order valence-corrected chi connectivity index (χ1v) is 13.5. The van der Waals surface area contributed by atoms with Crippen molar-refractivity contribution in [1.82, 2.24) is 9.13 Å². The minimum Gasteiger partial charge on any atom is -0.381 e. The minimum absolute atomic E-state index is 0.742. The van der Waals surface area contributed by atoms with Gasteiger partial charge in [-0.1, -0.05) is 65.8 Å². The fraction of sp³-hybridized carbons (Fsp3) is 0.750. The number of ether oxygens (including phenoxy) is 1. The molecule has 0 bridgehead atoms. The molecule has 31 heavy (non-hydrogen) atoms. The highest BCUT2D eigenvalue weighted by Gasteiger charge is 2.10. The maximum absolute atomic E-state index is 5.62. The zero-order chi connectivity index (χ0) is 23.8. The standard InChI is InChI=1S/C18H31N3S3.C6H14O/c1-7-9-10-15(24-12-11-13(3)8-2)19-16-14(4)20(5)18(23)21(6)17(16)22;1-3-5-7-6-4-2/h10,13,19H,7-9,11-12H2,1-6H3;3-6H2,1-2H3/b15-10-;/t13-;/m1./s1. The van der Waals surface area contributed by atoms with E-state index in [1.54, 1.807) is 0 Å². The van der Waals surface area contributed by atoms with Crippen LogP contribution in [-0.4, -0.2) is 28.1 Å². The third-order valence-electron chi connectivity index (χ3n) is 5.09. The molecule has 0 amide bonds. The zero-order valence-corrected chi connectivity index (χ0v) is 23.5. The number of hydrogen-bond donors (Lipinski definition) is 1. The lowest BCUT2D eigenvalue weighted by Gasteiger charge is -2.18. The van der Waals surface area contributed by atoms with Crippen LogP contribution >= 0.6 is 36.2 Å². The predicted molar refractivity (Wildman–Crippen MR) is 145 cm³/mol. The Hall–Kier alpha value is -0.630. The lowest BCUT2D eigenvalue weighted by Crippen LogP contribution is -2.13. The van der Waals surface area contributed by atoms with Crippen LogP contribution < -0.4 is 5.32 Å². The highest BCUT2D eigenvalue weighted by Crippen LogP contribution is 2.26. The number of nitrogens with zero attached hydrogens (tertiary/aromatic N) is 2. The molecule has 0 radical (unpaired) electrons. The van der Waals surface area contributed by atoms with E-state index in [2.05, 4.69) is 52.9 Å². The molecule has 0 saturated heterocycles. The monoisotopic (exact) mass is 487 g/mol. The van der Waals surface area contributed by atoms with Gasteiger partial charge in [0, 0.05) is 33.0 Å². The van der Waals surface area contributed by atoms with Crippen molar-refractivity contribution >= 4 is 41.9 Å². The average molecular weight is 488 g/mol. The quantitative estimate of drug-likeness (QED) is 0.224. The van der Waals surface area contributed by atoms with Crippen molar-refractivity contribution < 1.29 is 4.74 Å². The molecule has 1 rings (SSSR count). The van der Waals surface area contributed by atoms with E-state index in [-0.39, 0.29) is 0 Å². The first-order valence-electron chi connectivity index (χ1n) is 11.7. The summed E-state index contributed by atoms with van der Waals surface area (Å²) in [6, 6.07) is 0. The van der Waals surface area contributed by atoms with E-state index in [9.17, 15) is 0 Å². The van der Waals surface area contributed by atoms with Gasteiger partial charge >= 0.3 is 0 Å². The normalized spacial score (nSPS) is 12.3. The first-order chi connectivity index (χ1) is 14.7. The van der Waals surface area contributed by atoms with Gasteiger partial charge in [0.25, 0.3) is 0 Å². The molecule has 0 aromatic carbocycles. The highest BCUT2D eigenvalue weighted by atomic mass is 32.2. The Labute approximate surface area is 205 Å². The summed E-state index contributed by atoms with van der Waals surface area (Å²) < 4.78 is 10.5. The van der Waals surface area contributed by atoms with E-state index >= 15 is 0 Å². The summed E-state index contributed by atoms with van der Waals surface area (Å²) in [6.07, 6.45) is 9.25. The van der Waals surface area contributed by atoms with Crippen LogP contribution in [0.4, 0.5) is 5.69 Å². The lowest BCUT2D eigenvalue weighted by molar-refractivity contribution is 0.135. The van der Waals surface area contributed by atoms with Gasteiger partial charge < -0.3 is 19.2 Å². The number of aromatic nitrogens is 2. The number of allylic oxidation sites excluding steroid dienone is 1.